The molecular formula is C25H28ClN5O2. The summed E-state index contributed by atoms with van der Waals surface area (Å²) < 4.78 is 5.32. The maximum absolute atomic E-state index is 13.0. The fourth-order valence-electron chi connectivity index (χ4n) is 4.01. The van der Waals surface area contributed by atoms with Crippen LogP contribution in [0.25, 0.3) is 11.4 Å². The molecule has 1 atom stereocenters. The van der Waals surface area contributed by atoms with Crippen LogP contribution in [0.4, 0.5) is 11.5 Å². The second kappa shape index (κ2) is 10.6. The van der Waals surface area contributed by atoms with E-state index in [1.54, 1.807) is 25.4 Å². The zero-order valence-electron chi connectivity index (χ0n) is 18.8. The van der Waals surface area contributed by atoms with Gasteiger partial charge in [0.2, 0.25) is 0 Å². The first kappa shape index (κ1) is 23.0. The van der Waals surface area contributed by atoms with Gasteiger partial charge in [-0.25, -0.2) is 9.97 Å². The Bertz CT molecular complexity index is 1110. The molecule has 1 aliphatic heterocycles. The summed E-state index contributed by atoms with van der Waals surface area (Å²) >= 11 is 6.02. The zero-order chi connectivity index (χ0) is 23.2. The third-order valence-corrected chi connectivity index (χ3v) is 6.15. The molecule has 0 saturated carbocycles. The molecule has 2 aromatic carbocycles. The minimum Gasteiger partial charge on any atom is -0.497 e. The van der Waals surface area contributed by atoms with E-state index in [9.17, 15) is 4.79 Å². The Morgan fingerprint density at radius 3 is 2.79 bits per heavy atom. The molecule has 2 heterocycles. The topological polar surface area (TPSA) is 79.4 Å². The van der Waals surface area contributed by atoms with Crippen molar-refractivity contribution in [3.8, 4) is 17.1 Å². The fourth-order valence-corrected chi connectivity index (χ4v) is 4.14. The Morgan fingerprint density at radius 2 is 2.06 bits per heavy atom. The van der Waals surface area contributed by atoms with Crippen molar-refractivity contribution in [1.29, 1.82) is 0 Å². The maximum Gasteiger partial charge on any atom is 0.256 e. The quantitative estimate of drug-likeness (QED) is 0.499. The number of amides is 1. The van der Waals surface area contributed by atoms with Gasteiger partial charge < -0.3 is 20.3 Å². The zero-order valence-corrected chi connectivity index (χ0v) is 19.6. The Balaban J connectivity index is 1.57. The van der Waals surface area contributed by atoms with Gasteiger partial charge in [-0.15, -0.1) is 0 Å². The first-order valence-electron chi connectivity index (χ1n) is 11.1. The molecule has 0 radical (unpaired) electrons. The largest absolute Gasteiger partial charge is 0.497 e. The number of aromatic nitrogens is 2. The van der Waals surface area contributed by atoms with Crippen LogP contribution in [0.3, 0.4) is 0 Å². The number of halogens is 1. The van der Waals surface area contributed by atoms with Crippen LogP contribution < -0.4 is 15.4 Å². The molecule has 1 aromatic heterocycles. The minimum atomic E-state index is -0.205. The summed E-state index contributed by atoms with van der Waals surface area (Å²) in [4.78, 5) is 24.5. The van der Waals surface area contributed by atoms with Crippen LogP contribution in [0, 0.1) is 0 Å². The van der Waals surface area contributed by atoms with Crippen molar-refractivity contribution in [3.05, 3.63) is 65.3 Å². The van der Waals surface area contributed by atoms with Crippen LogP contribution in [0.15, 0.2) is 54.7 Å². The highest BCUT2D eigenvalue weighted by atomic mass is 35.5. The van der Waals surface area contributed by atoms with Crippen LogP contribution in [-0.4, -0.2) is 54.1 Å². The van der Waals surface area contributed by atoms with Crippen LogP contribution >= 0.6 is 11.6 Å². The lowest BCUT2D eigenvalue weighted by molar-refractivity contribution is 0.0950. The lowest BCUT2D eigenvalue weighted by Gasteiger charge is -2.19. The van der Waals surface area contributed by atoms with E-state index in [0.29, 0.717) is 40.6 Å². The van der Waals surface area contributed by atoms with E-state index in [1.165, 1.54) is 12.8 Å². The number of likely N-dealkylation sites (tertiary alicyclic amines) is 1. The Hall–Kier alpha value is -3.16. The third-order valence-electron chi connectivity index (χ3n) is 5.90. The molecule has 3 aromatic rings. The average molecular weight is 466 g/mol. The average Bonchev–Trinajstić information content (AvgIpc) is 3.24. The van der Waals surface area contributed by atoms with Gasteiger partial charge in [0.1, 0.15) is 17.1 Å². The second-order valence-electron chi connectivity index (χ2n) is 8.14. The summed E-state index contributed by atoms with van der Waals surface area (Å²) in [5, 5.41) is 6.93. The summed E-state index contributed by atoms with van der Waals surface area (Å²) in [7, 11) is 3.75. The number of ether oxygens (including phenoxy) is 1. The Morgan fingerprint density at radius 1 is 1.24 bits per heavy atom. The first-order chi connectivity index (χ1) is 16.0. The van der Waals surface area contributed by atoms with Crippen LogP contribution in [0.5, 0.6) is 5.75 Å². The lowest BCUT2D eigenvalue weighted by Crippen LogP contribution is -2.32. The summed E-state index contributed by atoms with van der Waals surface area (Å²) in [6.45, 7) is 1.72. The van der Waals surface area contributed by atoms with E-state index < -0.39 is 0 Å². The molecule has 2 N–H and O–H groups in total. The summed E-state index contributed by atoms with van der Waals surface area (Å²) in [6.07, 6.45) is 4.87. The monoisotopic (exact) mass is 465 g/mol. The molecule has 33 heavy (non-hydrogen) atoms. The predicted molar refractivity (Wildman–Crippen MR) is 131 cm³/mol. The molecule has 0 spiro atoms. The van der Waals surface area contributed by atoms with E-state index in [4.69, 9.17) is 16.3 Å². The van der Waals surface area contributed by atoms with Crippen molar-refractivity contribution in [2.45, 2.75) is 25.3 Å². The number of hydrogen-bond donors (Lipinski definition) is 2. The molecule has 7 nitrogen and oxygen atoms in total. The van der Waals surface area contributed by atoms with Crippen molar-refractivity contribution in [3.63, 3.8) is 0 Å². The molecule has 8 heteroatoms. The van der Waals surface area contributed by atoms with Gasteiger partial charge in [0, 0.05) is 41.1 Å². The molecule has 0 bridgehead atoms. The van der Waals surface area contributed by atoms with Gasteiger partial charge in [-0.1, -0.05) is 17.7 Å². The normalized spacial score (nSPS) is 15.9. The SMILES string of the molecule is COc1cccc(Nc2nc(-c3ccc(Cl)cc3)ncc2C(=O)NCC[C@H]2CCCN2C)c1. The molecule has 4 rings (SSSR count). The minimum absolute atomic E-state index is 0.205. The number of nitrogens with one attached hydrogen (secondary N) is 2. The van der Waals surface area contributed by atoms with E-state index in [2.05, 4.69) is 32.5 Å². The van der Waals surface area contributed by atoms with Gasteiger partial charge in [-0.05, 0) is 69.3 Å². The predicted octanol–water partition coefficient (Wildman–Crippen LogP) is 4.76. The van der Waals surface area contributed by atoms with Gasteiger partial charge in [0.05, 0.1) is 7.11 Å². The standard InChI is InChI=1S/C25H28ClN5O2/c1-31-14-4-6-20(31)12-13-27-25(32)22-16-28-23(17-8-10-18(26)11-9-17)30-24(22)29-19-5-3-7-21(15-19)33-2/h3,5,7-11,15-16,20H,4,6,12-14H2,1-2H3,(H,27,32)(H,28,29,30)/t20-/m1/s1. The molecule has 0 aliphatic carbocycles. The maximum atomic E-state index is 13.0. The number of methoxy groups -OCH3 is 1. The second-order valence-corrected chi connectivity index (χ2v) is 8.58. The van der Waals surface area contributed by atoms with Gasteiger partial charge in [0.25, 0.3) is 5.91 Å². The summed E-state index contributed by atoms with van der Waals surface area (Å²) in [6, 6.07) is 15.3. The smallest absolute Gasteiger partial charge is 0.256 e. The van der Waals surface area contributed by atoms with Crippen LogP contribution in [0.1, 0.15) is 29.6 Å². The molecule has 0 unspecified atom stereocenters. The highest BCUT2D eigenvalue weighted by molar-refractivity contribution is 6.30. The molecule has 1 fully saturated rings. The van der Waals surface area contributed by atoms with Crippen molar-refractivity contribution < 1.29 is 9.53 Å². The van der Waals surface area contributed by atoms with Crippen LogP contribution in [0.2, 0.25) is 5.02 Å². The molecule has 1 aliphatic rings. The highest BCUT2D eigenvalue weighted by Gasteiger charge is 2.21. The highest BCUT2D eigenvalue weighted by Crippen LogP contribution is 2.26. The number of benzene rings is 2. The number of rotatable bonds is 8. The Labute approximate surface area is 199 Å². The Kier molecular flexibility index (Phi) is 7.42. The van der Waals surface area contributed by atoms with Crippen LogP contribution in [-0.2, 0) is 0 Å². The van der Waals surface area contributed by atoms with Crippen molar-refractivity contribution >= 4 is 29.0 Å². The van der Waals surface area contributed by atoms with Gasteiger partial charge in [-0.2, -0.15) is 0 Å². The molecular weight excluding hydrogens is 438 g/mol. The summed E-state index contributed by atoms with van der Waals surface area (Å²) in [5.74, 6) is 1.43. The van der Waals surface area contributed by atoms with E-state index >= 15 is 0 Å². The fraction of sp³-hybridized carbons (Fsp3) is 0.320. The number of carbonyl (C=O) groups is 1. The molecule has 1 amide bonds. The molecule has 1 saturated heterocycles. The number of hydrogen-bond acceptors (Lipinski definition) is 6. The molecule has 172 valence electrons. The van der Waals surface area contributed by atoms with Gasteiger partial charge in [0.15, 0.2) is 5.82 Å². The number of nitrogens with zero attached hydrogens (tertiary/aromatic N) is 3. The first-order valence-corrected chi connectivity index (χ1v) is 11.4. The number of anilines is 2. The van der Waals surface area contributed by atoms with E-state index in [0.717, 1.165) is 24.2 Å². The van der Waals surface area contributed by atoms with Gasteiger partial charge >= 0.3 is 0 Å². The van der Waals surface area contributed by atoms with Crippen molar-refractivity contribution in [2.24, 2.45) is 0 Å². The van der Waals surface area contributed by atoms with E-state index in [-0.39, 0.29) is 5.91 Å². The van der Waals surface area contributed by atoms with Crippen molar-refractivity contribution in [1.82, 2.24) is 20.2 Å². The number of carbonyl (C=O) groups excluding carboxylic acids is 1. The van der Waals surface area contributed by atoms with Gasteiger partial charge in [-0.3, -0.25) is 4.79 Å². The lowest BCUT2D eigenvalue weighted by atomic mass is 10.1. The van der Waals surface area contributed by atoms with E-state index in [1.807, 2.05) is 36.4 Å². The summed E-state index contributed by atoms with van der Waals surface area (Å²) in [5.41, 5.74) is 1.95. The van der Waals surface area contributed by atoms with Crippen molar-refractivity contribution in [2.75, 3.05) is 32.6 Å². The third kappa shape index (κ3) is 5.80.